The second-order valence-electron chi connectivity index (χ2n) is 4.53. The summed E-state index contributed by atoms with van der Waals surface area (Å²) >= 11 is 0. The lowest BCUT2D eigenvalue weighted by Crippen LogP contribution is -2.31. The molecular formula is C13H13F2N3O3S. The summed E-state index contributed by atoms with van der Waals surface area (Å²) in [5.41, 5.74) is 0.492. The smallest absolute Gasteiger partial charge is 0.268 e. The fourth-order valence-corrected chi connectivity index (χ4v) is 2.94. The van der Waals surface area contributed by atoms with E-state index in [1.165, 1.54) is 10.9 Å². The first-order valence-corrected chi connectivity index (χ1v) is 7.77. The first-order valence-electron chi connectivity index (χ1n) is 6.29. The highest BCUT2D eigenvalue weighted by Gasteiger charge is 2.24. The molecule has 1 aromatic heterocycles. The van der Waals surface area contributed by atoms with Crippen molar-refractivity contribution in [1.29, 1.82) is 0 Å². The number of hydrogen-bond acceptors (Lipinski definition) is 4. The molecule has 0 aliphatic heterocycles. The van der Waals surface area contributed by atoms with E-state index in [1.807, 2.05) is 0 Å². The molecule has 0 aliphatic rings. The molecule has 0 saturated heterocycles. The summed E-state index contributed by atoms with van der Waals surface area (Å²) < 4.78 is 53.6. The minimum absolute atomic E-state index is 0.0797. The molecule has 118 valence electrons. The summed E-state index contributed by atoms with van der Waals surface area (Å²) in [5.74, 6) is -3.11. The second-order valence-corrected chi connectivity index (χ2v) is 6.18. The Labute approximate surface area is 125 Å². The summed E-state index contributed by atoms with van der Waals surface area (Å²) in [7, 11) is -2.86. The van der Waals surface area contributed by atoms with Crippen LogP contribution < -0.4 is 4.72 Å². The van der Waals surface area contributed by atoms with Gasteiger partial charge < -0.3 is 0 Å². The Morgan fingerprint density at radius 1 is 1.36 bits per heavy atom. The Morgan fingerprint density at radius 2 is 2.05 bits per heavy atom. The van der Waals surface area contributed by atoms with Gasteiger partial charge in [-0.15, -0.1) is 0 Å². The molecule has 0 fully saturated rings. The van der Waals surface area contributed by atoms with Crippen molar-refractivity contribution in [2.45, 2.75) is 18.2 Å². The first kappa shape index (κ1) is 16.1. The molecule has 0 radical (unpaired) electrons. The number of nitrogens with zero attached hydrogens (tertiary/aromatic N) is 2. The normalized spacial score (nSPS) is 11.5. The van der Waals surface area contributed by atoms with Gasteiger partial charge in [-0.25, -0.2) is 21.9 Å². The number of benzene rings is 1. The Balaban J connectivity index is 2.34. The van der Waals surface area contributed by atoms with Crippen LogP contribution in [0.3, 0.4) is 0 Å². The lowest BCUT2D eigenvalue weighted by atomic mass is 10.2. The molecule has 2 aromatic rings. The quantitative estimate of drug-likeness (QED) is 0.919. The molecule has 9 heteroatoms. The maximum absolute atomic E-state index is 13.6. The van der Waals surface area contributed by atoms with Crippen molar-refractivity contribution in [3.8, 4) is 0 Å². The van der Waals surface area contributed by atoms with E-state index in [0.717, 1.165) is 12.1 Å². The minimum Gasteiger partial charge on any atom is -0.275 e. The molecule has 1 aromatic carbocycles. The Morgan fingerprint density at radius 3 is 2.64 bits per heavy atom. The van der Waals surface area contributed by atoms with Gasteiger partial charge in [0.05, 0.1) is 11.3 Å². The van der Waals surface area contributed by atoms with Gasteiger partial charge >= 0.3 is 0 Å². The molecule has 1 heterocycles. The van der Waals surface area contributed by atoms with Gasteiger partial charge in [0, 0.05) is 19.3 Å². The molecule has 0 bridgehead atoms. The van der Waals surface area contributed by atoms with Crippen LogP contribution in [-0.2, 0) is 23.5 Å². The number of rotatable bonds is 4. The Hall–Kier alpha value is -2.29. The highest BCUT2D eigenvalue weighted by Crippen LogP contribution is 2.16. The number of sulfonamides is 1. The van der Waals surface area contributed by atoms with Crippen LogP contribution >= 0.6 is 0 Å². The lowest BCUT2D eigenvalue weighted by Gasteiger charge is -2.07. The fourth-order valence-electron chi connectivity index (χ4n) is 1.91. The summed E-state index contributed by atoms with van der Waals surface area (Å²) in [6, 6.07) is 1.98. The predicted octanol–water partition coefficient (Wildman–Crippen LogP) is 1.38. The van der Waals surface area contributed by atoms with Crippen LogP contribution in [0.2, 0.25) is 0 Å². The lowest BCUT2D eigenvalue weighted by molar-refractivity contribution is 0.0980. The van der Waals surface area contributed by atoms with Crippen LogP contribution in [0, 0.1) is 11.6 Å². The molecule has 0 saturated carbocycles. The minimum atomic E-state index is -4.45. The molecule has 0 unspecified atom stereocenters. The molecule has 1 N–H and O–H groups in total. The van der Waals surface area contributed by atoms with Crippen LogP contribution in [0.1, 0.15) is 23.0 Å². The number of hydrogen-bond donors (Lipinski definition) is 1. The second kappa shape index (κ2) is 5.84. The van der Waals surface area contributed by atoms with Gasteiger partial charge in [0.1, 0.15) is 16.5 Å². The molecule has 0 spiro atoms. The van der Waals surface area contributed by atoms with Crippen molar-refractivity contribution < 1.29 is 22.0 Å². The number of amides is 1. The summed E-state index contributed by atoms with van der Waals surface area (Å²) in [4.78, 5) is 11.3. The highest BCUT2D eigenvalue weighted by molar-refractivity contribution is 7.90. The van der Waals surface area contributed by atoms with E-state index >= 15 is 0 Å². The zero-order valence-electron chi connectivity index (χ0n) is 11.8. The Kier molecular flexibility index (Phi) is 4.27. The number of halogens is 2. The van der Waals surface area contributed by atoms with Crippen LogP contribution in [-0.4, -0.2) is 24.1 Å². The van der Waals surface area contributed by atoms with E-state index in [0.29, 0.717) is 18.2 Å². The van der Waals surface area contributed by atoms with E-state index in [2.05, 4.69) is 5.10 Å². The maximum Gasteiger partial charge on any atom is 0.268 e. The van der Waals surface area contributed by atoms with Crippen molar-refractivity contribution in [3.63, 3.8) is 0 Å². The number of carbonyl (C=O) groups is 1. The molecule has 0 aliphatic carbocycles. The zero-order chi connectivity index (χ0) is 16.5. The van der Waals surface area contributed by atoms with Crippen molar-refractivity contribution >= 4 is 15.9 Å². The molecule has 2 rings (SSSR count). The van der Waals surface area contributed by atoms with Gasteiger partial charge in [0.2, 0.25) is 0 Å². The first-order chi connectivity index (χ1) is 10.2. The molecule has 1 amide bonds. The van der Waals surface area contributed by atoms with Crippen molar-refractivity contribution in [2.24, 2.45) is 7.05 Å². The molecule has 6 nitrogen and oxygen atoms in total. The van der Waals surface area contributed by atoms with Crippen LogP contribution in [0.4, 0.5) is 8.78 Å². The standard InChI is InChI=1S/C13H13F2N3O3S/c1-3-11-9(7-18(2)16-11)13(19)17-22(20,21)12-5-4-8(14)6-10(12)15/h4-7H,3H2,1-2H3,(H,17,19). The molecular weight excluding hydrogens is 316 g/mol. The summed E-state index contributed by atoms with van der Waals surface area (Å²) in [6.45, 7) is 1.76. The maximum atomic E-state index is 13.6. The molecule has 22 heavy (non-hydrogen) atoms. The zero-order valence-corrected chi connectivity index (χ0v) is 12.6. The number of aryl methyl sites for hydroxylation is 2. The van der Waals surface area contributed by atoms with Crippen molar-refractivity contribution in [2.75, 3.05) is 0 Å². The number of carbonyl (C=O) groups excluding carboxylic acids is 1. The largest absolute Gasteiger partial charge is 0.275 e. The van der Waals surface area contributed by atoms with Crippen molar-refractivity contribution in [1.82, 2.24) is 14.5 Å². The van der Waals surface area contributed by atoms with E-state index in [-0.39, 0.29) is 5.56 Å². The van der Waals surface area contributed by atoms with Gasteiger partial charge in [0.15, 0.2) is 0 Å². The number of aromatic nitrogens is 2. The van der Waals surface area contributed by atoms with Crippen LogP contribution in [0.5, 0.6) is 0 Å². The van der Waals surface area contributed by atoms with Gasteiger partial charge in [-0.1, -0.05) is 6.92 Å². The highest BCUT2D eigenvalue weighted by atomic mass is 32.2. The van der Waals surface area contributed by atoms with Gasteiger partial charge in [-0.3, -0.25) is 9.48 Å². The van der Waals surface area contributed by atoms with E-state index in [9.17, 15) is 22.0 Å². The third kappa shape index (κ3) is 3.14. The van der Waals surface area contributed by atoms with E-state index in [4.69, 9.17) is 0 Å². The fraction of sp³-hybridized carbons (Fsp3) is 0.231. The topological polar surface area (TPSA) is 81.1 Å². The van der Waals surface area contributed by atoms with Gasteiger partial charge in [-0.2, -0.15) is 5.10 Å². The third-order valence-electron chi connectivity index (χ3n) is 2.90. The molecule has 0 atom stereocenters. The van der Waals surface area contributed by atoms with Crippen LogP contribution in [0.25, 0.3) is 0 Å². The van der Waals surface area contributed by atoms with E-state index in [1.54, 1.807) is 18.7 Å². The SMILES string of the molecule is CCc1nn(C)cc1C(=O)NS(=O)(=O)c1ccc(F)cc1F. The third-order valence-corrected chi connectivity index (χ3v) is 4.26. The average molecular weight is 329 g/mol. The Bertz CT molecular complexity index is 831. The summed E-state index contributed by atoms with van der Waals surface area (Å²) in [6.07, 6.45) is 1.79. The average Bonchev–Trinajstić information content (AvgIpc) is 2.79. The van der Waals surface area contributed by atoms with E-state index < -0.39 is 32.5 Å². The monoisotopic (exact) mass is 329 g/mol. The summed E-state index contributed by atoms with van der Waals surface area (Å²) in [5, 5.41) is 4.02. The van der Waals surface area contributed by atoms with Gasteiger partial charge in [0.25, 0.3) is 15.9 Å². The number of nitrogens with one attached hydrogen (secondary N) is 1. The van der Waals surface area contributed by atoms with Gasteiger partial charge in [-0.05, 0) is 18.6 Å². The predicted molar refractivity (Wildman–Crippen MR) is 73.6 cm³/mol. The van der Waals surface area contributed by atoms with Crippen LogP contribution in [0.15, 0.2) is 29.3 Å². The van der Waals surface area contributed by atoms with Crippen molar-refractivity contribution in [3.05, 3.63) is 47.3 Å².